The highest BCUT2D eigenvalue weighted by Crippen LogP contribution is 2.25. The van der Waals surface area contributed by atoms with Crippen molar-refractivity contribution in [2.45, 2.75) is 6.04 Å². The van der Waals surface area contributed by atoms with Gasteiger partial charge in [0.25, 0.3) is 0 Å². The summed E-state index contributed by atoms with van der Waals surface area (Å²) in [6.45, 7) is 0. The normalized spacial score (nSPS) is 11.9. The summed E-state index contributed by atoms with van der Waals surface area (Å²) < 4.78 is 5.55. The maximum Gasteiger partial charge on any atom is 0.333 e. The zero-order valence-corrected chi connectivity index (χ0v) is 12.0. The number of benzene rings is 1. The summed E-state index contributed by atoms with van der Waals surface area (Å²) in [4.78, 5) is 16.0. The van der Waals surface area contributed by atoms with Gasteiger partial charge < -0.3 is 10.1 Å². The zero-order valence-electron chi connectivity index (χ0n) is 9.59. The van der Waals surface area contributed by atoms with Crippen LogP contribution in [0.1, 0.15) is 11.6 Å². The number of carbonyl (C=O) groups excluding carboxylic acids is 1. The fourth-order valence-corrected chi connectivity index (χ4v) is 2.66. The van der Waals surface area contributed by atoms with Gasteiger partial charge in [-0.1, -0.05) is 30.3 Å². The van der Waals surface area contributed by atoms with Crippen LogP contribution in [-0.2, 0) is 9.53 Å². The van der Waals surface area contributed by atoms with E-state index in [4.69, 9.17) is 4.74 Å². The Hall–Kier alpha value is -1.40. The van der Waals surface area contributed by atoms with Gasteiger partial charge in [-0.3, -0.25) is 0 Å². The van der Waals surface area contributed by atoms with Crippen LogP contribution in [0.5, 0.6) is 0 Å². The van der Waals surface area contributed by atoms with Gasteiger partial charge in [0.05, 0.1) is 7.11 Å². The predicted molar refractivity (Wildman–Crippen MR) is 74.6 cm³/mol. The average molecular weight is 327 g/mol. The van der Waals surface area contributed by atoms with Crippen molar-refractivity contribution in [2.75, 3.05) is 12.4 Å². The molecule has 18 heavy (non-hydrogen) atoms. The molecule has 1 unspecified atom stereocenters. The number of aromatic nitrogens is 1. The Labute approximate surface area is 117 Å². The van der Waals surface area contributed by atoms with Gasteiger partial charge in [0.2, 0.25) is 0 Å². The molecule has 2 rings (SSSR count). The minimum Gasteiger partial charge on any atom is -0.467 e. The molecule has 6 heteroatoms. The number of esters is 1. The fourth-order valence-electron chi connectivity index (χ4n) is 1.49. The van der Waals surface area contributed by atoms with Gasteiger partial charge in [0, 0.05) is 5.38 Å². The highest BCUT2D eigenvalue weighted by Gasteiger charge is 2.22. The van der Waals surface area contributed by atoms with E-state index in [2.05, 4.69) is 26.2 Å². The molecule has 1 atom stereocenters. The number of carbonyl (C=O) groups is 1. The number of nitrogens with zero attached hydrogens (tertiary/aromatic N) is 1. The molecule has 0 radical (unpaired) electrons. The molecule has 0 saturated heterocycles. The van der Waals surface area contributed by atoms with E-state index in [1.165, 1.54) is 18.4 Å². The largest absolute Gasteiger partial charge is 0.467 e. The van der Waals surface area contributed by atoms with Gasteiger partial charge >= 0.3 is 5.97 Å². The fraction of sp³-hybridized carbons (Fsp3) is 0.167. The number of thiazole rings is 1. The second-order valence-corrected chi connectivity index (χ2v) is 5.16. The quantitative estimate of drug-likeness (QED) is 0.876. The summed E-state index contributed by atoms with van der Waals surface area (Å²) >= 11 is 4.70. The van der Waals surface area contributed by atoms with E-state index in [0.29, 0.717) is 5.13 Å². The first-order valence-electron chi connectivity index (χ1n) is 5.21. The zero-order chi connectivity index (χ0) is 13.0. The Balaban J connectivity index is 2.24. The lowest BCUT2D eigenvalue weighted by molar-refractivity contribution is -0.141. The number of rotatable bonds is 4. The van der Waals surface area contributed by atoms with E-state index in [-0.39, 0.29) is 5.97 Å². The molecule has 0 aliphatic carbocycles. The van der Waals surface area contributed by atoms with Gasteiger partial charge in [0.15, 0.2) is 11.2 Å². The van der Waals surface area contributed by atoms with Crippen molar-refractivity contribution in [3.05, 3.63) is 45.9 Å². The SMILES string of the molecule is COC(=O)C(Nc1nc(Br)cs1)c1ccccc1. The third-order valence-corrected chi connectivity index (χ3v) is 3.80. The highest BCUT2D eigenvalue weighted by molar-refractivity contribution is 9.10. The van der Waals surface area contributed by atoms with Crippen molar-refractivity contribution >= 4 is 38.4 Å². The van der Waals surface area contributed by atoms with Gasteiger partial charge in [-0.05, 0) is 21.5 Å². The molecule has 0 aliphatic rings. The lowest BCUT2D eigenvalue weighted by Crippen LogP contribution is -2.22. The van der Waals surface area contributed by atoms with Gasteiger partial charge in [-0.15, -0.1) is 11.3 Å². The van der Waals surface area contributed by atoms with Crippen LogP contribution >= 0.6 is 27.3 Å². The first kappa shape index (κ1) is 13.0. The maximum absolute atomic E-state index is 11.8. The lowest BCUT2D eigenvalue weighted by Gasteiger charge is -2.15. The summed E-state index contributed by atoms with van der Waals surface area (Å²) in [5.41, 5.74) is 0.843. The van der Waals surface area contributed by atoms with Gasteiger partial charge in [0.1, 0.15) is 4.60 Å². The predicted octanol–water partition coefficient (Wildman–Crippen LogP) is 3.23. The van der Waals surface area contributed by atoms with E-state index in [9.17, 15) is 4.79 Å². The molecule has 0 bridgehead atoms. The molecule has 1 aromatic heterocycles. The first-order valence-corrected chi connectivity index (χ1v) is 6.88. The molecule has 0 aliphatic heterocycles. The van der Waals surface area contributed by atoms with Crippen LogP contribution in [0.4, 0.5) is 5.13 Å². The molecule has 0 amide bonds. The van der Waals surface area contributed by atoms with E-state index in [1.54, 1.807) is 0 Å². The molecule has 1 N–H and O–H groups in total. The second-order valence-electron chi connectivity index (χ2n) is 3.49. The van der Waals surface area contributed by atoms with Gasteiger partial charge in [-0.2, -0.15) is 0 Å². The Bertz CT molecular complexity index is 530. The van der Waals surface area contributed by atoms with Crippen molar-refractivity contribution in [1.82, 2.24) is 4.98 Å². The summed E-state index contributed by atoms with van der Waals surface area (Å²) in [5.74, 6) is -0.340. The average Bonchev–Trinajstić information content (AvgIpc) is 2.82. The standard InChI is InChI=1S/C12H11BrN2O2S/c1-17-11(16)10(8-5-3-2-4-6-8)15-12-14-9(13)7-18-12/h2-7,10H,1H3,(H,14,15). The molecular weight excluding hydrogens is 316 g/mol. The van der Waals surface area contributed by atoms with E-state index in [1.807, 2.05) is 35.7 Å². The monoisotopic (exact) mass is 326 g/mol. The Kier molecular flexibility index (Phi) is 4.33. The molecule has 1 aromatic carbocycles. The van der Waals surface area contributed by atoms with E-state index in [0.717, 1.165) is 10.2 Å². The molecule has 0 saturated carbocycles. The minimum absolute atomic E-state index is 0.340. The van der Waals surface area contributed by atoms with Crippen molar-refractivity contribution < 1.29 is 9.53 Å². The highest BCUT2D eigenvalue weighted by atomic mass is 79.9. The van der Waals surface area contributed by atoms with Crippen molar-refractivity contribution in [3.8, 4) is 0 Å². The van der Waals surface area contributed by atoms with Crippen molar-refractivity contribution in [3.63, 3.8) is 0 Å². The van der Waals surface area contributed by atoms with Crippen molar-refractivity contribution in [1.29, 1.82) is 0 Å². The Morgan fingerprint density at radius 1 is 1.44 bits per heavy atom. The van der Waals surface area contributed by atoms with Crippen LogP contribution in [0.3, 0.4) is 0 Å². The van der Waals surface area contributed by atoms with E-state index >= 15 is 0 Å². The van der Waals surface area contributed by atoms with Crippen LogP contribution in [0.15, 0.2) is 40.3 Å². The first-order chi connectivity index (χ1) is 8.70. The van der Waals surface area contributed by atoms with Crippen LogP contribution in [-0.4, -0.2) is 18.1 Å². The molecule has 1 heterocycles. The van der Waals surface area contributed by atoms with Gasteiger partial charge in [-0.25, -0.2) is 9.78 Å². The van der Waals surface area contributed by atoms with Crippen LogP contribution in [0.25, 0.3) is 0 Å². The Morgan fingerprint density at radius 3 is 2.72 bits per heavy atom. The number of ether oxygens (including phenoxy) is 1. The number of hydrogen-bond donors (Lipinski definition) is 1. The summed E-state index contributed by atoms with van der Waals surface area (Å²) in [6.07, 6.45) is 0. The second kappa shape index (κ2) is 5.97. The molecule has 2 aromatic rings. The molecule has 0 fully saturated rings. The molecule has 4 nitrogen and oxygen atoms in total. The smallest absolute Gasteiger partial charge is 0.333 e. The summed E-state index contributed by atoms with van der Waals surface area (Å²) in [6, 6.07) is 8.86. The number of nitrogens with one attached hydrogen (secondary N) is 1. The number of hydrogen-bond acceptors (Lipinski definition) is 5. The Morgan fingerprint density at radius 2 is 2.17 bits per heavy atom. The minimum atomic E-state index is -0.547. The number of methoxy groups -OCH3 is 1. The van der Waals surface area contributed by atoms with Crippen molar-refractivity contribution in [2.24, 2.45) is 0 Å². The van der Waals surface area contributed by atoms with Crippen LogP contribution in [0, 0.1) is 0 Å². The molecule has 94 valence electrons. The molecule has 0 spiro atoms. The van der Waals surface area contributed by atoms with Crippen LogP contribution in [0.2, 0.25) is 0 Å². The molecular formula is C12H11BrN2O2S. The lowest BCUT2D eigenvalue weighted by atomic mass is 10.1. The summed E-state index contributed by atoms with van der Waals surface area (Å²) in [5, 5.41) is 5.59. The summed E-state index contributed by atoms with van der Waals surface area (Å²) in [7, 11) is 1.37. The van der Waals surface area contributed by atoms with E-state index < -0.39 is 6.04 Å². The maximum atomic E-state index is 11.8. The topological polar surface area (TPSA) is 51.2 Å². The number of halogens is 1. The van der Waals surface area contributed by atoms with Crippen LogP contribution < -0.4 is 5.32 Å². The number of anilines is 1. The third-order valence-electron chi connectivity index (χ3n) is 2.31. The third kappa shape index (κ3) is 3.08.